The molecule has 4 rings (SSSR count). The van der Waals surface area contributed by atoms with Crippen molar-refractivity contribution in [3.63, 3.8) is 0 Å². The predicted molar refractivity (Wildman–Crippen MR) is 105 cm³/mol. The molecule has 0 fully saturated rings. The second-order valence-corrected chi connectivity index (χ2v) is 5.88. The zero-order valence-electron chi connectivity index (χ0n) is 14.3. The smallest absolute Gasteiger partial charge is 0.274 e. The van der Waals surface area contributed by atoms with Crippen LogP contribution >= 0.6 is 12.4 Å². The van der Waals surface area contributed by atoms with E-state index >= 15 is 0 Å². The third kappa shape index (κ3) is 3.73. The number of nitrogens with one attached hydrogen (secondary N) is 2. The standard InChI is InChI=1S/C19H15N5O2.ClH/c1-12-6-5-9-14(10-12)17(26)21-18-22-19-20-15(11-16(25)24(19)23-18)13-7-3-2-4-8-13;/h2-11H,1H3,(H2,20,21,22,23,26);1H. The molecule has 136 valence electrons. The maximum absolute atomic E-state index is 12.3. The third-order valence-corrected chi connectivity index (χ3v) is 3.91. The Hall–Kier alpha value is -3.45. The van der Waals surface area contributed by atoms with E-state index in [1.54, 1.807) is 18.2 Å². The molecule has 0 bridgehead atoms. The number of aromatic amines is 1. The van der Waals surface area contributed by atoms with E-state index in [-0.39, 0.29) is 35.6 Å². The first-order chi connectivity index (χ1) is 12.6. The van der Waals surface area contributed by atoms with Crippen LogP contribution in [0.25, 0.3) is 17.0 Å². The van der Waals surface area contributed by atoms with Gasteiger partial charge in [-0.05, 0) is 19.1 Å². The number of halogens is 1. The summed E-state index contributed by atoms with van der Waals surface area (Å²) in [6.07, 6.45) is 0. The number of aryl methyl sites for hydroxylation is 1. The number of fused-ring (bicyclic) bond motifs is 1. The molecule has 8 heteroatoms. The highest BCUT2D eigenvalue weighted by Gasteiger charge is 2.12. The van der Waals surface area contributed by atoms with Gasteiger partial charge in [0.15, 0.2) is 0 Å². The SMILES string of the molecule is Cc1cccc(C(=O)Nc2nc3nc(-c4ccccc4)cc(=O)n3[nH]2)c1.Cl. The molecule has 0 aliphatic heterocycles. The van der Waals surface area contributed by atoms with Gasteiger partial charge in [0.05, 0.1) is 5.69 Å². The van der Waals surface area contributed by atoms with Crippen LogP contribution in [0.3, 0.4) is 0 Å². The van der Waals surface area contributed by atoms with E-state index < -0.39 is 0 Å². The fraction of sp³-hybridized carbons (Fsp3) is 0.0526. The molecule has 0 aliphatic carbocycles. The lowest BCUT2D eigenvalue weighted by atomic mass is 10.1. The van der Waals surface area contributed by atoms with Crippen molar-refractivity contribution in [3.8, 4) is 11.3 Å². The molecule has 7 nitrogen and oxygen atoms in total. The Morgan fingerprint density at radius 3 is 2.56 bits per heavy atom. The van der Waals surface area contributed by atoms with Crippen molar-refractivity contribution >= 4 is 30.0 Å². The highest BCUT2D eigenvalue weighted by atomic mass is 35.5. The van der Waals surface area contributed by atoms with Crippen molar-refractivity contribution in [2.24, 2.45) is 0 Å². The second-order valence-electron chi connectivity index (χ2n) is 5.88. The fourth-order valence-corrected chi connectivity index (χ4v) is 2.66. The summed E-state index contributed by atoms with van der Waals surface area (Å²) in [6, 6.07) is 18.0. The van der Waals surface area contributed by atoms with E-state index in [4.69, 9.17) is 0 Å². The topological polar surface area (TPSA) is 92.2 Å². The largest absolute Gasteiger partial charge is 0.291 e. The van der Waals surface area contributed by atoms with Gasteiger partial charge in [-0.25, -0.2) is 4.98 Å². The van der Waals surface area contributed by atoms with Crippen LogP contribution in [0.4, 0.5) is 5.95 Å². The van der Waals surface area contributed by atoms with E-state index in [9.17, 15) is 9.59 Å². The number of rotatable bonds is 3. The summed E-state index contributed by atoms with van der Waals surface area (Å²) in [7, 11) is 0. The molecule has 2 aromatic heterocycles. The van der Waals surface area contributed by atoms with Crippen LogP contribution in [0, 0.1) is 6.92 Å². The van der Waals surface area contributed by atoms with Gasteiger partial charge in [0.25, 0.3) is 17.2 Å². The van der Waals surface area contributed by atoms with Crippen molar-refractivity contribution in [1.29, 1.82) is 0 Å². The van der Waals surface area contributed by atoms with Gasteiger partial charge < -0.3 is 0 Å². The van der Waals surface area contributed by atoms with Gasteiger partial charge in [-0.15, -0.1) is 12.4 Å². The third-order valence-electron chi connectivity index (χ3n) is 3.91. The Bertz CT molecular complexity index is 1170. The lowest BCUT2D eigenvalue weighted by Crippen LogP contribution is -2.16. The van der Waals surface area contributed by atoms with E-state index in [1.165, 1.54) is 10.6 Å². The van der Waals surface area contributed by atoms with Gasteiger partial charge in [-0.1, -0.05) is 48.0 Å². The molecule has 1 amide bonds. The molecule has 2 aromatic carbocycles. The zero-order valence-corrected chi connectivity index (χ0v) is 15.2. The van der Waals surface area contributed by atoms with E-state index in [0.29, 0.717) is 11.3 Å². The predicted octanol–water partition coefficient (Wildman–Crippen LogP) is 3.07. The molecular weight excluding hydrogens is 366 g/mol. The summed E-state index contributed by atoms with van der Waals surface area (Å²) in [5.74, 6) is 0.0336. The number of hydrogen-bond donors (Lipinski definition) is 2. The Labute approximate surface area is 160 Å². The molecule has 2 N–H and O–H groups in total. The van der Waals surface area contributed by atoms with Crippen LogP contribution in [0.1, 0.15) is 15.9 Å². The molecular formula is C19H16ClN5O2. The van der Waals surface area contributed by atoms with Crippen LogP contribution in [-0.2, 0) is 0 Å². The van der Waals surface area contributed by atoms with Crippen molar-refractivity contribution < 1.29 is 4.79 Å². The first-order valence-electron chi connectivity index (χ1n) is 8.03. The lowest BCUT2D eigenvalue weighted by molar-refractivity contribution is 0.102. The molecule has 0 saturated heterocycles. The van der Waals surface area contributed by atoms with Crippen molar-refractivity contribution in [1.82, 2.24) is 19.6 Å². The maximum atomic E-state index is 12.3. The number of carbonyl (C=O) groups is 1. The zero-order chi connectivity index (χ0) is 18.1. The Morgan fingerprint density at radius 2 is 1.81 bits per heavy atom. The maximum Gasteiger partial charge on any atom is 0.274 e. The monoisotopic (exact) mass is 381 g/mol. The first-order valence-corrected chi connectivity index (χ1v) is 8.03. The van der Waals surface area contributed by atoms with E-state index in [1.807, 2.05) is 43.3 Å². The van der Waals surface area contributed by atoms with Gasteiger partial charge >= 0.3 is 0 Å². The summed E-state index contributed by atoms with van der Waals surface area (Å²) in [4.78, 5) is 33.3. The van der Waals surface area contributed by atoms with Crippen LogP contribution in [0.15, 0.2) is 65.5 Å². The Morgan fingerprint density at radius 1 is 1.04 bits per heavy atom. The van der Waals surface area contributed by atoms with Gasteiger partial charge in [-0.3, -0.25) is 20.0 Å². The minimum absolute atomic E-state index is 0. The Kier molecular flexibility index (Phi) is 5.05. The van der Waals surface area contributed by atoms with Gasteiger partial charge in [-0.2, -0.15) is 9.50 Å². The summed E-state index contributed by atoms with van der Waals surface area (Å²) >= 11 is 0. The number of aromatic nitrogens is 4. The van der Waals surface area contributed by atoms with Crippen LogP contribution in [-0.4, -0.2) is 25.5 Å². The number of carbonyl (C=O) groups excluding carboxylic acids is 1. The van der Waals surface area contributed by atoms with Crippen LogP contribution < -0.4 is 10.9 Å². The number of nitrogens with zero attached hydrogens (tertiary/aromatic N) is 3. The molecule has 27 heavy (non-hydrogen) atoms. The number of hydrogen-bond acceptors (Lipinski definition) is 4. The second kappa shape index (κ2) is 7.43. The van der Waals surface area contributed by atoms with Crippen molar-refractivity contribution in [2.45, 2.75) is 6.92 Å². The lowest BCUT2D eigenvalue weighted by Gasteiger charge is -2.02. The van der Waals surface area contributed by atoms with Crippen molar-refractivity contribution in [2.75, 3.05) is 5.32 Å². The molecule has 0 radical (unpaired) electrons. The van der Waals surface area contributed by atoms with Gasteiger partial charge in [0.1, 0.15) is 0 Å². The number of anilines is 1. The average molecular weight is 382 g/mol. The molecule has 0 aliphatic rings. The molecule has 0 unspecified atom stereocenters. The summed E-state index contributed by atoms with van der Waals surface area (Å²) in [5.41, 5.74) is 2.53. The number of amides is 1. The molecule has 2 heterocycles. The fourth-order valence-electron chi connectivity index (χ4n) is 2.66. The summed E-state index contributed by atoms with van der Waals surface area (Å²) in [5, 5.41) is 5.41. The minimum Gasteiger partial charge on any atom is -0.291 e. The van der Waals surface area contributed by atoms with Gasteiger partial charge in [0, 0.05) is 17.2 Å². The molecule has 4 aromatic rings. The van der Waals surface area contributed by atoms with E-state index in [0.717, 1.165) is 11.1 Å². The van der Waals surface area contributed by atoms with E-state index in [2.05, 4.69) is 20.4 Å². The highest BCUT2D eigenvalue weighted by molar-refractivity contribution is 6.03. The number of H-pyrrole nitrogens is 1. The Balaban J connectivity index is 0.00000210. The quantitative estimate of drug-likeness (QED) is 0.570. The molecule has 0 atom stereocenters. The number of benzene rings is 2. The van der Waals surface area contributed by atoms with Crippen LogP contribution in [0.5, 0.6) is 0 Å². The van der Waals surface area contributed by atoms with Gasteiger partial charge in [0.2, 0.25) is 5.95 Å². The molecule has 0 saturated carbocycles. The first kappa shape index (κ1) is 18.3. The van der Waals surface area contributed by atoms with Crippen molar-refractivity contribution in [3.05, 3.63) is 82.1 Å². The minimum atomic E-state index is -0.316. The molecule has 0 spiro atoms. The summed E-state index contributed by atoms with van der Waals surface area (Å²) in [6.45, 7) is 1.91. The van der Waals surface area contributed by atoms with Crippen LogP contribution in [0.2, 0.25) is 0 Å². The highest BCUT2D eigenvalue weighted by Crippen LogP contribution is 2.15. The normalized spacial score (nSPS) is 10.4. The average Bonchev–Trinajstić information content (AvgIpc) is 3.05. The summed E-state index contributed by atoms with van der Waals surface area (Å²) < 4.78 is 1.19.